The fourth-order valence-electron chi connectivity index (χ4n) is 15.0. The summed E-state index contributed by atoms with van der Waals surface area (Å²) in [6.45, 7) is 5.42. The predicted molar refractivity (Wildman–Crippen MR) is 446 cm³/mol. The molecular weight excluding hydrogens is 1630 g/mol. The predicted octanol–water partition coefficient (Wildman–Crippen LogP) is -0.550. The molecule has 7 aliphatic rings. The molecule has 7 rings (SSSR count). The van der Waals surface area contributed by atoms with Gasteiger partial charge in [-0.3, -0.25) is 86.3 Å². The Labute approximate surface area is 713 Å². The van der Waals surface area contributed by atoms with Crippen LogP contribution in [0.15, 0.2) is 84.1 Å². The Morgan fingerprint density at radius 1 is 0.504 bits per heavy atom. The van der Waals surface area contributed by atoms with Crippen LogP contribution in [-0.2, 0) is 86.3 Å². The van der Waals surface area contributed by atoms with Crippen LogP contribution in [0.2, 0.25) is 0 Å². The first-order valence-electron chi connectivity index (χ1n) is 40.6. The van der Waals surface area contributed by atoms with E-state index in [1.54, 1.807) is 57.2 Å². The SMILES string of the molecule is C[C@H]1NC(=O)CCSCC2=CC3CSCCNC(=O)[C@H](C(C)(C)C)NC(=O)[C@H](CC(=O)O)NC(=O)[C@H](C[C@H]4C=CC(O)CC4)NC(=O)[C@H](CC4C=CC=CC4)NC(=O)[C@H](CC(=O)O)NC(=O)[C@H](CCC(=O)O)NC(=O)[C@@H](CSCC(C2)C3)NC(=O)CNC(=O)[C@H](CC2=CCCC3C=CC=CC23)NC(=O)[C@H](CCC(=O)O)NC(=O)[C@H](CC(N)=O)NC1=O. The van der Waals surface area contributed by atoms with E-state index < -0.39 is 248 Å². The number of nitrogens with two attached hydrogens (primary N) is 1. The second-order valence-electron chi connectivity index (χ2n) is 32.3. The minimum atomic E-state index is -2.11. The Hall–Kier alpha value is -10.3. The van der Waals surface area contributed by atoms with Crippen molar-refractivity contribution >= 4 is 142 Å². The van der Waals surface area contributed by atoms with Crippen molar-refractivity contribution in [2.75, 3.05) is 47.6 Å². The molecule has 40 heteroatoms. The number of nitrogens with one attached hydrogen (secondary N) is 13. The highest BCUT2D eigenvalue weighted by molar-refractivity contribution is 7.99. The van der Waals surface area contributed by atoms with Gasteiger partial charge in [0.15, 0.2) is 0 Å². The molecule has 20 N–H and O–H groups in total. The number of aliphatic carboxylic acids is 4. The molecule has 2 aliphatic heterocycles. The average Bonchev–Trinajstić information content (AvgIpc) is 0.826. The van der Waals surface area contributed by atoms with E-state index in [-0.39, 0.29) is 80.2 Å². The Morgan fingerprint density at radius 3 is 1.66 bits per heavy atom. The number of carbonyl (C=O) groups is 18. The summed E-state index contributed by atoms with van der Waals surface area (Å²) >= 11 is 4.05. The third-order valence-electron chi connectivity index (χ3n) is 21.3. The second kappa shape index (κ2) is 48.3. The zero-order valence-corrected chi connectivity index (χ0v) is 70.5. The number of amides is 14. The van der Waals surface area contributed by atoms with Gasteiger partial charge in [0.25, 0.3) is 0 Å². The minimum Gasteiger partial charge on any atom is -0.481 e. The number of carbonyl (C=O) groups excluding carboxylic acids is 14. The van der Waals surface area contributed by atoms with Gasteiger partial charge in [0, 0.05) is 54.7 Å². The largest absolute Gasteiger partial charge is 0.481 e. The normalized spacial score (nSPS) is 30.2. The molecule has 14 amide bonds. The van der Waals surface area contributed by atoms with Crippen LogP contribution in [0.3, 0.4) is 0 Å². The summed E-state index contributed by atoms with van der Waals surface area (Å²) in [5.41, 5.74) is 6.12. The molecule has 5 aliphatic carbocycles. The van der Waals surface area contributed by atoms with E-state index in [1.807, 2.05) is 24.3 Å². The van der Waals surface area contributed by atoms with E-state index in [9.17, 15) is 107 Å². The number of fused-ring (bicyclic) bond motifs is 6. The van der Waals surface area contributed by atoms with Gasteiger partial charge >= 0.3 is 23.9 Å². The first-order chi connectivity index (χ1) is 57.4. The van der Waals surface area contributed by atoms with Crippen LogP contribution in [0.4, 0.5) is 0 Å². The van der Waals surface area contributed by atoms with Crippen LogP contribution in [0, 0.1) is 40.9 Å². The smallest absolute Gasteiger partial charge is 0.305 e. The summed E-state index contributed by atoms with van der Waals surface area (Å²) < 4.78 is 0. The van der Waals surface area contributed by atoms with Crippen molar-refractivity contribution in [2.45, 2.75) is 216 Å². The Bertz CT molecular complexity index is 4050. The van der Waals surface area contributed by atoms with Crippen LogP contribution in [-0.4, -0.2) is 252 Å². The number of hydrogen-bond acceptors (Lipinski definition) is 22. The average molecular weight is 1750 g/mol. The van der Waals surface area contributed by atoms with Crippen LogP contribution in [0.1, 0.15) is 143 Å². The van der Waals surface area contributed by atoms with Crippen LogP contribution in [0.25, 0.3) is 0 Å². The van der Waals surface area contributed by atoms with Crippen molar-refractivity contribution in [3.05, 3.63) is 84.1 Å². The molecular formula is C81H114N14O23S3. The van der Waals surface area contributed by atoms with Crippen molar-refractivity contribution in [3.8, 4) is 0 Å². The molecule has 0 aromatic rings. The van der Waals surface area contributed by atoms with Gasteiger partial charge in [0.05, 0.1) is 31.9 Å². The van der Waals surface area contributed by atoms with Crippen LogP contribution in [0.5, 0.6) is 0 Å². The number of aliphatic hydroxyl groups is 1. The summed E-state index contributed by atoms with van der Waals surface area (Å²) in [7, 11) is 0. The lowest BCUT2D eigenvalue weighted by atomic mass is 9.74. The highest BCUT2D eigenvalue weighted by atomic mass is 32.2. The van der Waals surface area contributed by atoms with Gasteiger partial charge in [-0.15, -0.1) is 0 Å². The molecule has 0 spiro atoms. The van der Waals surface area contributed by atoms with Gasteiger partial charge < -0.3 is 100 Å². The van der Waals surface area contributed by atoms with E-state index in [0.29, 0.717) is 54.3 Å². The van der Waals surface area contributed by atoms with Gasteiger partial charge in [-0.05, 0) is 130 Å². The molecule has 4 bridgehead atoms. The first-order valence-corrected chi connectivity index (χ1v) is 44.0. The van der Waals surface area contributed by atoms with Crippen molar-refractivity contribution < 1.29 is 112 Å². The monoisotopic (exact) mass is 1750 g/mol. The number of rotatable bonds is 18. The topological polar surface area (TPSA) is 591 Å². The van der Waals surface area contributed by atoms with Crippen molar-refractivity contribution in [2.24, 2.45) is 46.7 Å². The number of primary amides is 1. The second-order valence-corrected chi connectivity index (χ2v) is 35.7. The van der Waals surface area contributed by atoms with E-state index >= 15 is 4.79 Å². The highest BCUT2D eigenvalue weighted by Gasteiger charge is 2.42. The number of carboxylic acids is 4. The number of allylic oxidation sites excluding steroid dienone is 11. The molecule has 2 heterocycles. The van der Waals surface area contributed by atoms with Crippen LogP contribution >= 0.6 is 35.3 Å². The van der Waals surface area contributed by atoms with Crippen molar-refractivity contribution in [3.63, 3.8) is 0 Å². The van der Waals surface area contributed by atoms with E-state index in [0.717, 1.165) is 12.0 Å². The van der Waals surface area contributed by atoms with E-state index in [1.165, 1.54) is 48.3 Å². The maximum absolute atomic E-state index is 15.1. The minimum absolute atomic E-state index is 0.0269. The van der Waals surface area contributed by atoms with Crippen molar-refractivity contribution in [1.29, 1.82) is 0 Å². The van der Waals surface area contributed by atoms with E-state index in [2.05, 4.69) is 75.2 Å². The number of thioether (sulfide) groups is 3. The van der Waals surface area contributed by atoms with Gasteiger partial charge in [0.1, 0.15) is 66.5 Å². The lowest BCUT2D eigenvalue weighted by molar-refractivity contribution is -0.142. The van der Waals surface area contributed by atoms with Gasteiger partial charge in [-0.1, -0.05) is 105 Å². The zero-order valence-electron chi connectivity index (χ0n) is 68.1. The zero-order chi connectivity index (χ0) is 88.6. The number of hydrogen-bond donors (Lipinski definition) is 19. The first kappa shape index (κ1) is 97.8. The quantitative estimate of drug-likeness (QED) is 0.0766. The maximum Gasteiger partial charge on any atom is 0.305 e. The summed E-state index contributed by atoms with van der Waals surface area (Å²) in [6, 6.07) is -18.7. The lowest BCUT2D eigenvalue weighted by Crippen LogP contribution is -2.61. The molecule has 0 saturated carbocycles. The Balaban J connectivity index is 1.29. The third-order valence-corrected chi connectivity index (χ3v) is 24.8. The fourth-order valence-corrected chi connectivity index (χ4v) is 18.1. The molecule has 2 fully saturated rings. The van der Waals surface area contributed by atoms with Gasteiger partial charge in [0.2, 0.25) is 82.7 Å². The molecule has 664 valence electrons. The number of aliphatic hydroxyl groups excluding tert-OH is 1. The van der Waals surface area contributed by atoms with Crippen molar-refractivity contribution in [1.82, 2.24) is 69.1 Å². The summed E-state index contributed by atoms with van der Waals surface area (Å²) in [4.78, 5) is 251. The Kier molecular flexibility index (Phi) is 39.1. The van der Waals surface area contributed by atoms with E-state index in [4.69, 9.17) is 5.73 Å². The molecule has 6 unspecified atom stereocenters. The van der Waals surface area contributed by atoms with Crippen LogP contribution < -0.4 is 74.9 Å². The summed E-state index contributed by atoms with van der Waals surface area (Å²) in [5, 5.41) is 83.7. The summed E-state index contributed by atoms with van der Waals surface area (Å²) in [6.07, 6.45) is 17.0. The maximum atomic E-state index is 15.1. The highest BCUT2D eigenvalue weighted by Crippen LogP contribution is 2.38. The Morgan fingerprint density at radius 2 is 1.07 bits per heavy atom. The molecule has 18 atom stereocenters. The lowest BCUT2D eigenvalue weighted by Gasteiger charge is -2.32. The number of carboxylic acid groups (broad SMARTS) is 4. The fraction of sp³-hybridized carbons (Fsp3) is 0.605. The standard InChI is InChI=1S/C81H114N14O23S3/c1-43-70(108)89-58(35-62(82)97)76(114)87-53(21-23-65(100)101)72(110)92-57(34-50-15-10-14-49-13-8-9-16-52(49)50)71(109)84-38-64(99)86-61-42-121-41-48-30-46(39-119-27-25-63(98)85-43)29-47(31-48)40-120-28-26-83-80(118)69(81(2,3)4)95-78(116)60(37-68(106)107)94-75(113)56(33-45-17-19-51(96)20-18-45)90-74(112)55(32-44-11-6-5-7-12-44)91-77(115)59(36-67(104)105)93-73(111)54(88-79(61)117)22-24-66(102)103/h5-9,11,13,15-17,19,29,43-45,47-49,51-61,69,96H,10,12,14,18,20-28,30-42H2,1-4H3,(H2,82,97)(H,83,118)(H,84,109)(H,85,98)(H,86,99)(H,87,114)(H,88,117)(H,89,108)(H,90,112)(H,91,115)(H,92,110)(H,93,111)(H,94,113)(H,95,116)(H,100,101)(H,102,103)(H,104,105)(H,106,107)/t43-,44?,45+,47?,48?,49?,51?,52?,53+,54+,55+,56+,57+,58+,59+,60+,61-,69-/m1/s1. The van der Waals surface area contributed by atoms with Gasteiger partial charge in [-0.25, -0.2) is 0 Å². The summed E-state index contributed by atoms with van der Waals surface area (Å²) in [5.74, 6) is -20.9. The van der Waals surface area contributed by atoms with Gasteiger partial charge in [-0.2, -0.15) is 35.3 Å². The molecule has 0 aromatic carbocycles. The molecule has 0 aromatic heterocycles. The third kappa shape index (κ3) is 33.5. The molecule has 121 heavy (non-hydrogen) atoms. The molecule has 0 radical (unpaired) electrons. The molecule has 37 nitrogen and oxygen atoms in total. The molecule has 2 saturated heterocycles.